The van der Waals surface area contributed by atoms with Crippen molar-refractivity contribution in [3.05, 3.63) is 78.5 Å². The molecule has 1 amide bonds. The predicted molar refractivity (Wildman–Crippen MR) is 95.3 cm³/mol. The monoisotopic (exact) mass is 372 g/mol. The van der Waals surface area contributed by atoms with Gasteiger partial charge in [0, 0.05) is 18.1 Å². The molecule has 0 spiro atoms. The highest BCUT2D eigenvalue weighted by Gasteiger charge is 2.30. The molecule has 3 rings (SSSR count). The Morgan fingerprint density at radius 3 is 2.56 bits per heavy atom. The second-order valence-corrected chi connectivity index (χ2v) is 5.67. The zero-order valence-electron chi connectivity index (χ0n) is 14.1. The fourth-order valence-corrected chi connectivity index (χ4v) is 2.53. The standard InChI is InChI=1S/C20H15F3N2O2/c1-2-18(26)25-12-13-5-10-17(16-4-3-11-24-19(13)16)27-15-8-6-14(7-9-15)20(21,22)23/h2-11H,1,12H2,(H,25,26). The van der Waals surface area contributed by atoms with Gasteiger partial charge in [0.2, 0.25) is 5.91 Å². The number of alkyl halides is 3. The van der Waals surface area contributed by atoms with E-state index in [1.807, 2.05) is 0 Å². The lowest BCUT2D eigenvalue weighted by Gasteiger charge is -2.13. The minimum Gasteiger partial charge on any atom is -0.457 e. The van der Waals surface area contributed by atoms with Crippen LogP contribution in [0.15, 0.2) is 67.4 Å². The first-order chi connectivity index (χ1) is 12.9. The van der Waals surface area contributed by atoms with Gasteiger partial charge in [0.1, 0.15) is 11.5 Å². The number of carbonyl (C=O) groups is 1. The second kappa shape index (κ2) is 7.49. The number of rotatable bonds is 5. The van der Waals surface area contributed by atoms with Gasteiger partial charge in [-0.2, -0.15) is 13.2 Å². The highest BCUT2D eigenvalue weighted by Crippen LogP contribution is 2.34. The summed E-state index contributed by atoms with van der Waals surface area (Å²) in [6.45, 7) is 3.66. The Balaban J connectivity index is 1.89. The van der Waals surface area contributed by atoms with Crippen molar-refractivity contribution in [1.29, 1.82) is 0 Å². The number of ether oxygens (including phenoxy) is 1. The molecule has 0 unspecified atom stereocenters. The molecule has 0 saturated carbocycles. The van der Waals surface area contributed by atoms with E-state index in [1.165, 1.54) is 18.2 Å². The summed E-state index contributed by atoms with van der Waals surface area (Å²) in [5.41, 5.74) is 0.668. The Bertz CT molecular complexity index is 983. The molecule has 0 atom stereocenters. The molecule has 138 valence electrons. The number of benzene rings is 2. The maximum absolute atomic E-state index is 12.7. The number of nitrogens with zero attached hydrogens (tertiary/aromatic N) is 1. The van der Waals surface area contributed by atoms with Gasteiger partial charge in [-0.3, -0.25) is 9.78 Å². The van der Waals surface area contributed by atoms with Gasteiger partial charge in [-0.25, -0.2) is 0 Å². The van der Waals surface area contributed by atoms with Crippen LogP contribution in [0.1, 0.15) is 11.1 Å². The van der Waals surface area contributed by atoms with Crippen molar-refractivity contribution in [2.24, 2.45) is 0 Å². The molecule has 0 bridgehead atoms. The zero-order valence-corrected chi connectivity index (χ0v) is 14.1. The maximum atomic E-state index is 12.7. The van der Waals surface area contributed by atoms with Gasteiger partial charge in [0.05, 0.1) is 11.1 Å². The smallest absolute Gasteiger partial charge is 0.416 e. The second-order valence-electron chi connectivity index (χ2n) is 5.67. The minimum absolute atomic E-state index is 0.263. The molecular formula is C20H15F3N2O2. The number of hydrogen-bond donors (Lipinski definition) is 1. The van der Waals surface area contributed by atoms with Crippen LogP contribution >= 0.6 is 0 Å². The third kappa shape index (κ3) is 4.25. The fourth-order valence-electron chi connectivity index (χ4n) is 2.53. The molecule has 1 N–H and O–H groups in total. The van der Waals surface area contributed by atoms with E-state index in [2.05, 4.69) is 16.9 Å². The number of aromatic nitrogens is 1. The SMILES string of the molecule is C=CC(=O)NCc1ccc(Oc2ccc(C(F)(F)F)cc2)c2cccnc12. The van der Waals surface area contributed by atoms with Crippen LogP contribution in [0.2, 0.25) is 0 Å². The fraction of sp³-hybridized carbons (Fsp3) is 0.100. The average Bonchev–Trinajstić information content (AvgIpc) is 2.67. The molecule has 0 fully saturated rings. The molecule has 0 aliphatic rings. The third-order valence-electron chi connectivity index (χ3n) is 3.86. The summed E-state index contributed by atoms with van der Waals surface area (Å²) in [5, 5.41) is 3.37. The van der Waals surface area contributed by atoms with Crippen molar-refractivity contribution < 1.29 is 22.7 Å². The molecule has 0 radical (unpaired) electrons. The molecule has 4 nitrogen and oxygen atoms in total. The van der Waals surface area contributed by atoms with Gasteiger partial charge in [-0.05, 0) is 54.1 Å². The molecule has 1 aromatic heterocycles. The van der Waals surface area contributed by atoms with Crippen molar-refractivity contribution in [2.75, 3.05) is 0 Å². The Kier molecular flexibility index (Phi) is 5.12. The summed E-state index contributed by atoms with van der Waals surface area (Å²) in [4.78, 5) is 15.7. The molecule has 27 heavy (non-hydrogen) atoms. The number of halogens is 3. The molecule has 0 saturated heterocycles. The third-order valence-corrected chi connectivity index (χ3v) is 3.86. The molecule has 0 aliphatic heterocycles. The largest absolute Gasteiger partial charge is 0.457 e. The number of fused-ring (bicyclic) bond motifs is 1. The lowest BCUT2D eigenvalue weighted by Crippen LogP contribution is -2.20. The molecule has 0 aliphatic carbocycles. The Morgan fingerprint density at radius 1 is 1.15 bits per heavy atom. The predicted octanol–water partition coefficient (Wildman–Crippen LogP) is 4.85. The molecule has 3 aromatic rings. The number of carbonyl (C=O) groups excluding carboxylic acids is 1. The van der Waals surface area contributed by atoms with Gasteiger partial charge in [-0.1, -0.05) is 12.6 Å². The van der Waals surface area contributed by atoms with E-state index in [4.69, 9.17) is 4.74 Å². The summed E-state index contributed by atoms with van der Waals surface area (Å²) < 4.78 is 43.8. The zero-order chi connectivity index (χ0) is 19.4. The van der Waals surface area contributed by atoms with E-state index >= 15 is 0 Å². The molecule has 2 aromatic carbocycles. The van der Waals surface area contributed by atoms with Crippen LogP contribution in [-0.2, 0) is 17.5 Å². The Morgan fingerprint density at radius 2 is 1.89 bits per heavy atom. The first-order valence-electron chi connectivity index (χ1n) is 8.00. The highest BCUT2D eigenvalue weighted by atomic mass is 19.4. The average molecular weight is 372 g/mol. The molecule has 7 heteroatoms. The van der Waals surface area contributed by atoms with Gasteiger partial charge in [0.25, 0.3) is 0 Å². The van der Waals surface area contributed by atoms with Crippen LogP contribution in [-0.4, -0.2) is 10.9 Å². The summed E-state index contributed by atoms with van der Waals surface area (Å²) in [6, 6.07) is 11.4. The van der Waals surface area contributed by atoms with E-state index in [0.717, 1.165) is 17.7 Å². The van der Waals surface area contributed by atoms with Crippen LogP contribution in [0.5, 0.6) is 11.5 Å². The van der Waals surface area contributed by atoms with Crippen molar-refractivity contribution in [2.45, 2.75) is 12.7 Å². The van der Waals surface area contributed by atoms with Crippen LogP contribution < -0.4 is 10.1 Å². The number of nitrogens with one attached hydrogen (secondary N) is 1. The highest BCUT2D eigenvalue weighted by molar-refractivity contribution is 5.89. The number of amides is 1. The molecule has 1 heterocycles. The lowest BCUT2D eigenvalue weighted by molar-refractivity contribution is -0.137. The topological polar surface area (TPSA) is 51.2 Å². The Hall–Kier alpha value is -3.35. The summed E-state index contributed by atoms with van der Waals surface area (Å²) >= 11 is 0. The van der Waals surface area contributed by atoms with Crippen molar-refractivity contribution in [3.8, 4) is 11.5 Å². The summed E-state index contributed by atoms with van der Waals surface area (Å²) in [7, 11) is 0. The van der Waals surface area contributed by atoms with Gasteiger partial charge < -0.3 is 10.1 Å². The minimum atomic E-state index is -4.40. The molecular weight excluding hydrogens is 357 g/mol. The maximum Gasteiger partial charge on any atom is 0.416 e. The van der Waals surface area contributed by atoms with E-state index in [-0.39, 0.29) is 18.2 Å². The van der Waals surface area contributed by atoms with Gasteiger partial charge in [-0.15, -0.1) is 0 Å². The van der Waals surface area contributed by atoms with E-state index in [1.54, 1.807) is 30.5 Å². The first-order valence-corrected chi connectivity index (χ1v) is 8.00. The van der Waals surface area contributed by atoms with Crippen molar-refractivity contribution >= 4 is 16.8 Å². The van der Waals surface area contributed by atoms with Crippen LogP contribution in [0.3, 0.4) is 0 Å². The Labute approximate surface area is 153 Å². The normalized spacial score (nSPS) is 11.2. The van der Waals surface area contributed by atoms with Crippen LogP contribution in [0.25, 0.3) is 10.9 Å². The number of pyridine rings is 1. The van der Waals surface area contributed by atoms with E-state index in [9.17, 15) is 18.0 Å². The summed E-state index contributed by atoms with van der Waals surface area (Å²) in [6.07, 6.45) is -1.60. The summed E-state index contributed by atoms with van der Waals surface area (Å²) in [5.74, 6) is 0.432. The quantitative estimate of drug-likeness (QED) is 0.652. The van der Waals surface area contributed by atoms with Gasteiger partial charge >= 0.3 is 6.18 Å². The van der Waals surface area contributed by atoms with E-state index in [0.29, 0.717) is 16.7 Å². The van der Waals surface area contributed by atoms with Crippen LogP contribution in [0, 0.1) is 0 Å². The van der Waals surface area contributed by atoms with Crippen molar-refractivity contribution in [3.63, 3.8) is 0 Å². The van der Waals surface area contributed by atoms with Gasteiger partial charge in [0.15, 0.2) is 0 Å². The number of hydrogen-bond acceptors (Lipinski definition) is 3. The lowest BCUT2D eigenvalue weighted by atomic mass is 10.1. The van der Waals surface area contributed by atoms with Crippen LogP contribution in [0.4, 0.5) is 13.2 Å². The van der Waals surface area contributed by atoms with E-state index < -0.39 is 11.7 Å². The first kappa shape index (κ1) is 18.4. The van der Waals surface area contributed by atoms with Crippen molar-refractivity contribution in [1.82, 2.24) is 10.3 Å².